The van der Waals surface area contributed by atoms with E-state index in [9.17, 15) is 9.90 Å². The molecule has 0 aromatic rings. The van der Waals surface area contributed by atoms with Gasteiger partial charge in [0.05, 0.1) is 0 Å². The first-order chi connectivity index (χ1) is 9.35. The highest BCUT2D eigenvalue weighted by Crippen LogP contribution is 2.16. The molecule has 0 aliphatic heterocycles. The third-order valence-corrected chi connectivity index (χ3v) is 3.56. The maximum Gasteiger partial charge on any atom is 0.323 e. The SMILES string of the molecule is CCCN(CCC)CCCCC(C)(NC(C)C)C(=O)O. The zero-order chi connectivity index (χ0) is 15.6. The number of carboxylic acid groups (broad SMARTS) is 1. The van der Waals surface area contributed by atoms with Gasteiger partial charge in [0, 0.05) is 6.04 Å². The van der Waals surface area contributed by atoms with Gasteiger partial charge in [-0.3, -0.25) is 10.1 Å². The lowest BCUT2D eigenvalue weighted by Crippen LogP contribution is -2.52. The van der Waals surface area contributed by atoms with E-state index >= 15 is 0 Å². The second-order valence-electron chi connectivity index (χ2n) is 6.24. The fourth-order valence-corrected chi connectivity index (χ4v) is 2.66. The molecule has 0 aromatic heterocycles. The number of nitrogens with one attached hydrogen (secondary N) is 1. The van der Waals surface area contributed by atoms with Gasteiger partial charge < -0.3 is 10.0 Å². The van der Waals surface area contributed by atoms with Gasteiger partial charge in [0.15, 0.2) is 0 Å². The van der Waals surface area contributed by atoms with Crippen LogP contribution in [0.4, 0.5) is 0 Å². The molecule has 0 aliphatic carbocycles. The molecule has 0 saturated heterocycles. The van der Waals surface area contributed by atoms with E-state index in [1.807, 2.05) is 13.8 Å². The van der Waals surface area contributed by atoms with E-state index in [0.29, 0.717) is 6.42 Å². The Morgan fingerprint density at radius 1 is 1.15 bits per heavy atom. The van der Waals surface area contributed by atoms with Crippen LogP contribution in [0.25, 0.3) is 0 Å². The fourth-order valence-electron chi connectivity index (χ4n) is 2.66. The van der Waals surface area contributed by atoms with E-state index < -0.39 is 11.5 Å². The molecule has 0 aromatic carbocycles. The highest BCUT2D eigenvalue weighted by molar-refractivity contribution is 5.78. The minimum Gasteiger partial charge on any atom is -0.480 e. The van der Waals surface area contributed by atoms with Gasteiger partial charge >= 0.3 is 5.97 Å². The molecular weight excluding hydrogens is 252 g/mol. The molecule has 120 valence electrons. The van der Waals surface area contributed by atoms with Crippen molar-refractivity contribution in [3.63, 3.8) is 0 Å². The van der Waals surface area contributed by atoms with Gasteiger partial charge in [-0.25, -0.2) is 0 Å². The summed E-state index contributed by atoms with van der Waals surface area (Å²) in [5, 5.41) is 12.6. The van der Waals surface area contributed by atoms with Crippen molar-refractivity contribution in [3.8, 4) is 0 Å². The molecule has 0 aliphatic rings. The molecule has 20 heavy (non-hydrogen) atoms. The summed E-state index contributed by atoms with van der Waals surface area (Å²) in [6.07, 6.45) is 5.07. The predicted molar refractivity (Wildman–Crippen MR) is 85.2 cm³/mol. The molecule has 4 nitrogen and oxygen atoms in total. The summed E-state index contributed by atoms with van der Waals surface area (Å²) in [6, 6.07) is 0.188. The fraction of sp³-hybridized carbons (Fsp3) is 0.938. The lowest BCUT2D eigenvalue weighted by molar-refractivity contribution is -0.144. The van der Waals surface area contributed by atoms with Crippen molar-refractivity contribution >= 4 is 5.97 Å². The number of aliphatic carboxylic acids is 1. The van der Waals surface area contributed by atoms with Gasteiger partial charge in [-0.05, 0) is 72.5 Å². The van der Waals surface area contributed by atoms with Crippen molar-refractivity contribution in [1.82, 2.24) is 10.2 Å². The molecule has 2 N–H and O–H groups in total. The molecule has 0 amide bonds. The van der Waals surface area contributed by atoms with Crippen molar-refractivity contribution in [3.05, 3.63) is 0 Å². The Hall–Kier alpha value is -0.610. The Balaban J connectivity index is 4.14. The Kier molecular flexibility index (Phi) is 9.86. The van der Waals surface area contributed by atoms with E-state index in [2.05, 4.69) is 24.1 Å². The van der Waals surface area contributed by atoms with Crippen molar-refractivity contribution in [2.75, 3.05) is 19.6 Å². The van der Waals surface area contributed by atoms with Crippen molar-refractivity contribution < 1.29 is 9.90 Å². The van der Waals surface area contributed by atoms with E-state index in [0.717, 1.165) is 32.5 Å². The highest BCUT2D eigenvalue weighted by Gasteiger charge is 2.32. The maximum atomic E-state index is 11.4. The van der Waals surface area contributed by atoms with Gasteiger partial charge in [-0.2, -0.15) is 0 Å². The van der Waals surface area contributed by atoms with Crippen LogP contribution in [0.15, 0.2) is 0 Å². The normalized spacial score (nSPS) is 14.8. The van der Waals surface area contributed by atoms with E-state index in [4.69, 9.17) is 0 Å². The zero-order valence-electron chi connectivity index (χ0n) is 14.0. The molecule has 1 unspecified atom stereocenters. The van der Waals surface area contributed by atoms with Crippen LogP contribution >= 0.6 is 0 Å². The molecule has 0 radical (unpaired) electrons. The minimum atomic E-state index is -0.797. The molecule has 0 rings (SSSR count). The summed E-state index contributed by atoms with van der Waals surface area (Å²) in [5.41, 5.74) is -0.797. The Bertz CT molecular complexity index is 263. The summed E-state index contributed by atoms with van der Waals surface area (Å²) < 4.78 is 0. The van der Waals surface area contributed by atoms with Crippen LogP contribution in [0.5, 0.6) is 0 Å². The van der Waals surface area contributed by atoms with E-state index in [-0.39, 0.29) is 6.04 Å². The van der Waals surface area contributed by atoms with Crippen molar-refractivity contribution in [1.29, 1.82) is 0 Å². The first kappa shape index (κ1) is 19.4. The van der Waals surface area contributed by atoms with Crippen LogP contribution in [0.3, 0.4) is 0 Å². The molecule has 0 heterocycles. The van der Waals surface area contributed by atoms with E-state index in [1.165, 1.54) is 12.8 Å². The number of hydrogen-bond donors (Lipinski definition) is 2. The van der Waals surface area contributed by atoms with Crippen LogP contribution in [-0.2, 0) is 4.79 Å². The minimum absolute atomic E-state index is 0.188. The monoisotopic (exact) mass is 286 g/mol. The standard InChI is InChI=1S/C16H34N2O2/c1-6-11-18(12-7-2)13-9-8-10-16(5,15(19)20)17-14(3)4/h14,17H,6-13H2,1-5H3,(H,19,20). The smallest absolute Gasteiger partial charge is 0.323 e. The third-order valence-electron chi connectivity index (χ3n) is 3.56. The molecule has 0 saturated carbocycles. The van der Waals surface area contributed by atoms with Crippen LogP contribution in [0, 0.1) is 0 Å². The van der Waals surface area contributed by atoms with Gasteiger partial charge in [-0.1, -0.05) is 13.8 Å². The third kappa shape index (κ3) is 7.85. The number of carboxylic acids is 1. The Morgan fingerprint density at radius 2 is 1.70 bits per heavy atom. The van der Waals surface area contributed by atoms with Gasteiger partial charge in [0.2, 0.25) is 0 Å². The zero-order valence-corrected chi connectivity index (χ0v) is 14.0. The Labute approximate surface area is 124 Å². The number of carbonyl (C=O) groups is 1. The second kappa shape index (κ2) is 10.2. The van der Waals surface area contributed by atoms with Gasteiger partial charge in [-0.15, -0.1) is 0 Å². The van der Waals surface area contributed by atoms with Gasteiger partial charge in [0.1, 0.15) is 5.54 Å². The van der Waals surface area contributed by atoms with Crippen molar-refractivity contribution in [2.24, 2.45) is 0 Å². The molecule has 0 bridgehead atoms. The molecule has 4 heteroatoms. The van der Waals surface area contributed by atoms with Crippen molar-refractivity contribution in [2.45, 2.75) is 78.3 Å². The van der Waals surface area contributed by atoms with Crippen LogP contribution in [-0.4, -0.2) is 47.2 Å². The molecule has 0 fully saturated rings. The summed E-state index contributed by atoms with van der Waals surface area (Å²) in [7, 11) is 0. The number of unbranched alkanes of at least 4 members (excludes halogenated alkanes) is 1. The summed E-state index contributed by atoms with van der Waals surface area (Å²) >= 11 is 0. The average molecular weight is 286 g/mol. The van der Waals surface area contributed by atoms with E-state index in [1.54, 1.807) is 6.92 Å². The summed E-state index contributed by atoms with van der Waals surface area (Å²) in [5.74, 6) is -0.745. The van der Waals surface area contributed by atoms with Crippen LogP contribution < -0.4 is 5.32 Å². The predicted octanol–water partition coefficient (Wildman–Crippen LogP) is 3.12. The number of hydrogen-bond acceptors (Lipinski definition) is 3. The molecular formula is C16H34N2O2. The van der Waals surface area contributed by atoms with Crippen LogP contribution in [0.2, 0.25) is 0 Å². The first-order valence-corrected chi connectivity index (χ1v) is 8.09. The largest absolute Gasteiger partial charge is 0.480 e. The average Bonchev–Trinajstić information content (AvgIpc) is 2.34. The lowest BCUT2D eigenvalue weighted by atomic mass is 9.94. The Morgan fingerprint density at radius 3 is 2.10 bits per heavy atom. The summed E-state index contributed by atoms with van der Waals surface area (Å²) in [6.45, 7) is 13.6. The van der Waals surface area contributed by atoms with Crippen LogP contribution in [0.1, 0.15) is 66.7 Å². The second-order valence-corrected chi connectivity index (χ2v) is 6.24. The number of rotatable bonds is 12. The first-order valence-electron chi connectivity index (χ1n) is 8.09. The molecule has 1 atom stereocenters. The summed E-state index contributed by atoms with van der Waals surface area (Å²) in [4.78, 5) is 13.9. The quantitative estimate of drug-likeness (QED) is 0.541. The lowest BCUT2D eigenvalue weighted by Gasteiger charge is -2.29. The molecule has 0 spiro atoms. The topological polar surface area (TPSA) is 52.6 Å². The number of nitrogens with zero attached hydrogens (tertiary/aromatic N) is 1. The maximum absolute atomic E-state index is 11.4. The highest BCUT2D eigenvalue weighted by atomic mass is 16.4. The van der Waals surface area contributed by atoms with Gasteiger partial charge in [0.25, 0.3) is 0 Å².